The maximum atomic E-state index is 13.4. The first kappa shape index (κ1) is 17.1. The summed E-state index contributed by atoms with van der Waals surface area (Å²) >= 11 is 0. The van der Waals surface area contributed by atoms with E-state index in [4.69, 9.17) is 0 Å². The smallest absolute Gasteiger partial charge is 0.270 e. The van der Waals surface area contributed by atoms with Crippen molar-refractivity contribution in [2.75, 3.05) is 6.54 Å². The molecule has 7 heteroatoms. The number of amides is 2. The molecule has 0 N–H and O–H groups in total. The minimum atomic E-state index is -1.15. The van der Waals surface area contributed by atoms with Gasteiger partial charge in [0.05, 0.1) is 11.3 Å². The molecule has 1 aromatic rings. The lowest BCUT2D eigenvalue weighted by molar-refractivity contribution is -0.421. The monoisotopic (exact) mass is 363 g/mol. The van der Waals surface area contributed by atoms with Crippen LogP contribution in [0.1, 0.15) is 18.5 Å². The van der Waals surface area contributed by atoms with Gasteiger partial charge in [0, 0.05) is 36.5 Å². The summed E-state index contributed by atoms with van der Waals surface area (Å²) in [6, 6.07) is 5.49. The first-order valence-corrected chi connectivity index (χ1v) is 8.72. The van der Waals surface area contributed by atoms with Crippen LogP contribution in [0, 0.1) is 15.5 Å². The molecule has 2 amide bonds. The van der Waals surface area contributed by atoms with Crippen LogP contribution >= 0.6 is 0 Å². The first-order valence-electron chi connectivity index (χ1n) is 8.72. The molecular formula is C20H17N3O4. The summed E-state index contributed by atoms with van der Waals surface area (Å²) < 4.78 is 0. The Morgan fingerprint density at radius 1 is 1.26 bits per heavy atom. The van der Waals surface area contributed by atoms with E-state index in [0.29, 0.717) is 24.0 Å². The average Bonchev–Trinajstić information content (AvgIpc) is 2.68. The van der Waals surface area contributed by atoms with E-state index in [1.165, 1.54) is 11.0 Å². The molecule has 136 valence electrons. The van der Waals surface area contributed by atoms with Gasteiger partial charge in [-0.2, -0.15) is 0 Å². The Bertz CT molecular complexity index is 959. The maximum Gasteiger partial charge on any atom is 0.270 e. The lowest BCUT2D eigenvalue weighted by Gasteiger charge is -2.44. The van der Waals surface area contributed by atoms with Crippen molar-refractivity contribution in [3.63, 3.8) is 0 Å². The lowest BCUT2D eigenvalue weighted by atomic mass is 9.63. The van der Waals surface area contributed by atoms with E-state index in [0.717, 1.165) is 5.69 Å². The summed E-state index contributed by atoms with van der Waals surface area (Å²) in [4.78, 5) is 42.6. The number of allylic oxidation sites excluding steroid dienone is 5. The topological polar surface area (TPSA) is 93.4 Å². The van der Waals surface area contributed by atoms with Crippen molar-refractivity contribution in [3.8, 4) is 0 Å². The molecule has 1 aliphatic heterocycles. The fourth-order valence-electron chi connectivity index (χ4n) is 4.00. The Morgan fingerprint density at radius 2 is 2.11 bits per heavy atom. The molecule has 7 nitrogen and oxygen atoms in total. The minimum Gasteiger partial charge on any atom is -0.281 e. The summed E-state index contributed by atoms with van der Waals surface area (Å²) in [5, 5.41) is 11.5. The maximum absolute atomic E-state index is 13.4. The summed E-state index contributed by atoms with van der Waals surface area (Å²) in [6.45, 7) is 0.207. The highest BCUT2D eigenvalue weighted by Crippen LogP contribution is 2.51. The van der Waals surface area contributed by atoms with Crippen LogP contribution in [-0.4, -0.2) is 33.2 Å². The molecule has 1 atom stereocenters. The number of likely N-dealkylation sites (tertiary alicyclic amines) is 1. The molecule has 1 saturated heterocycles. The Labute approximate surface area is 155 Å². The van der Waals surface area contributed by atoms with E-state index in [2.05, 4.69) is 4.98 Å². The molecule has 1 aromatic heterocycles. The summed E-state index contributed by atoms with van der Waals surface area (Å²) in [5.41, 5.74) is 0.490. The quantitative estimate of drug-likeness (QED) is 0.465. The number of nitro groups is 1. The molecule has 1 unspecified atom stereocenters. The molecule has 2 aliphatic carbocycles. The van der Waals surface area contributed by atoms with Crippen molar-refractivity contribution < 1.29 is 14.5 Å². The SMILES string of the molecule is O=C1CC2=C([N+](=O)[O-])C=CC3=CC=CCC32C(=O)N1CCc1ccccn1. The number of imide groups is 1. The molecule has 1 spiro atoms. The van der Waals surface area contributed by atoms with Crippen molar-refractivity contribution in [2.24, 2.45) is 5.41 Å². The normalized spacial score (nSPS) is 23.9. The van der Waals surface area contributed by atoms with Gasteiger partial charge in [0.15, 0.2) is 0 Å². The van der Waals surface area contributed by atoms with E-state index in [-0.39, 0.29) is 24.6 Å². The van der Waals surface area contributed by atoms with Gasteiger partial charge in [0.25, 0.3) is 5.70 Å². The first-order chi connectivity index (χ1) is 13.0. The molecule has 0 saturated carbocycles. The molecule has 0 bridgehead atoms. The van der Waals surface area contributed by atoms with Crippen molar-refractivity contribution in [1.29, 1.82) is 0 Å². The molecule has 2 heterocycles. The Hall–Kier alpha value is -3.35. The van der Waals surface area contributed by atoms with Crippen LogP contribution in [0.4, 0.5) is 0 Å². The second-order valence-corrected chi connectivity index (χ2v) is 6.71. The Morgan fingerprint density at radius 3 is 2.85 bits per heavy atom. The number of carbonyl (C=O) groups excluding carboxylic acids is 2. The molecule has 3 aliphatic rings. The molecule has 27 heavy (non-hydrogen) atoms. The highest BCUT2D eigenvalue weighted by Gasteiger charge is 2.56. The van der Waals surface area contributed by atoms with E-state index in [9.17, 15) is 19.7 Å². The van der Waals surface area contributed by atoms with Crippen LogP contribution < -0.4 is 0 Å². The lowest BCUT2D eigenvalue weighted by Crippen LogP contribution is -2.55. The molecular weight excluding hydrogens is 346 g/mol. The van der Waals surface area contributed by atoms with Crippen molar-refractivity contribution in [3.05, 3.63) is 87.4 Å². The number of piperidine rings is 1. The van der Waals surface area contributed by atoms with Gasteiger partial charge in [-0.3, -0.25) is 29.6 Å². The zero-order valence-electron chi connectivity index (χ0n) is 14.5. The van der Waals surface area contributed by atoms with Crippen LogP contribution in [0.15, 0.2) is 71.6 Å². The largest absolute Gasteiger partial charge is 0.281 e. The second-order valence-electron chi connectivity index (χ2n) is 6.71. The predicted molar refractivity (Wildman–Crippen MR) is 96.7 cm³/mol. The third-order valence-electron chi connectivity index (χ3n) is 5.33. The number of rotatable bonds is 4. The van der Waals surface area contributed by atoms with Crippen molar-refractivity contribution >= 4 is 11.8 Å². The van der Waals surface area contributed by atoms with Gasteiger partial charge in [-0.25, -0.2) is 0 Å². The van der Waals surface area contributed by atoms with Crippen LogP contribution in [-0.2, 0) is 16.0 Å². The van der Waals surface area contributed by atoms with Crippen molar-refractivity contribution in [2.45, 2.75) is 19.3 Å². The number of hydrogen-bond donors (Lipinski definition) is 0. The fraction of sp³-hybridized carbons (Fsp3) is 0.250. The zero-order chi connectivity index (χ0) is 19.0. The van der Waals surface area contributed by atoms with E-state index in [1.54, 1.807) is 24.4 Å². The zero-order valence-corrected chi connectivity index (χ0v) is 14.5. The van der Waals surface area contributed by atoms with E-state index >= 15 is 0 Å². The van der Waals surface area contributed by atoms with Gasteiger partial charge in [0.2, 0.25) is 11.8 Å². The van der Waals surface area contributed by atoms with Gasteiger partial charge < -0.3 is 0 Å². The average molecular weight is 363 g/mol. The number of nitrogens with zero attached hydrogens (tertiary/aromatic N) is 3. The third kappa shape index (κ3) is 2.63. The predicted octanol–water partition coefficient (Wildman–Crippen LogP) is 2.36. The van der Waals surface area contributed by atoms with E-state index in [1.807, 2.05) is 24.3 Å². The van der Waals surface area contributed by atoms with Crippen LogP contribution in [0.3, 0.4) is 0 Å². The molecule has 0 radical (unpaired) electrons. The van der Waals surface area contributed by atoms with Crippen LogP contribution in [0.25, 0.3) is 0 Å². The second kappa shape index (κ2) is 6.42. The van der Waals surface area contributed by atoms with Gasteiger partial charge in [-0.15, -0.1) is 0 Å². The van der Waals surface area contributed by atoms with Gasteiger partial charge in [-0.05, 0) is 24.1 Å². The minimum absolute atomic E-state index is 0.125. The van der Waals surface area contributed by atoms with Gasteiger partial charge in [0.1, 0.15) is 5.41 Å². The molecule has 4 rings (SSSR count). The number of aromatic nitrogens is 1. The summed E-state index contributed by atoms with van der Waals surface area (Å²) in [7, 11) is 0. The van der Waals surface area contributed by atoms with Crippen molar-refractivity contribution in [1.82, 2.24) is 9.88 Å². The number of carbonyl (C=O) groups is 2. The summed E-state index contributed by atoms with van der Waals surface area (Å²) in [5.74, 6) is -0.788. The number of hydrogen-bond acceptors (Lipinski definition) is 5. The Kier molecular flexibility index (Phi) is 4.07. The van der Waals surface area contributed by atoms with E-state index < -0.39 is 16.2 Å². The van der Waals surface area contributed by atoms with Gasteiger partial charge in [-0.1, -0.05) is 30.4 Å². The summed E-state index contributed by atoms with van der Waals surface area (Å²) in [6.07, 6.45) is 10.8. The van der Waals surface area contributed by atoms with Crippen LogP contribution in [0.2, 0.25) is 0 Å². The molecule has 1 fully saturated rings. The van der Waals surface area contributed by atoms with Gasteiger partial charge >= 0.3 is 0 Å². The fourth-order valence-corrected chi connectivity index (χ4v) is 4.00. The highest BCUT2D eigenvalue weighted by molar-refractivity contribution is 6.07. The standard InChI is InChI=1S/C20H17N3O4/c24-18-13-16-17(23(26)27)8-7-14-5-1-3-10-20(14,16)19(25)22(18)12-9-15-6-2-4-11-21-15/h1-8,11H,9-10,12-13H2. The highest BCUT2D eigenvalue weighted by atomic mass is 16.6. The third-order valence-corrected chi connectivity index (χ3v) is 5.33. The van der Waals surface area contributed by atoms with Crippen LogP contribution in [0.5, 0.6) is 0 Å². The Balaban J connectivity index is 1.72. The number of pyridine rings is 1. The molecule has 0 aromatic carbocycles.